The fourth-order valence-corrected chi connectivity index (χ4v) is 2.88. The van der Waals surface area contributed by atoms with Gasteiger partial charge in [0.25, 0.3) is 0 Å². The van der Waals surface area contributed by atoms with Crippen molar-refractivity contribution in [1.82, 2.24) is 4.90 Å². The van der Waals surface area contributed by atoms with Crippen molar-refractivity contribution in [3.8, 4) is 0 Å². The van der Waals surface area contributed by atoms with E-state index in [1.165, 1.54) is 0 Å². The Hall–Kier alpha value is -2.05. The zero-order valence-corrected chi connectivity index (χ0v) is 17.2. The summed E-state index contributed by atoms with van der Waals surface area (Å²) in [7, 11) is -6.60. The number of morpholine rings is 1. The van der Waals surface area contributed by atoms with Crippen molar-refractivity contribution in [3.63, 3.8) is 0 Å². The predicted molar refractivity (Wildman–Crippen MR) is 89.2 cm³/mol. The summed E-state index contributed by atoms with van der Waals surface area (Å²) >= 11 is 0. The molecule has 1 saturated heterocycles. The van der Waals surface area contributed by atoms with Crippen LogP contribution >= 0.6 is 0 Å². The molecule has 0 bridgehead atoms. The van der Waals surface area contributed by atoms with Crippen molar-refractivity contribution in [2.45, 2.75) is 36.0 Å². The molecule has 0 aliphatic carbocycles. The van der Waals surface area contributed by atoms with E-state index in [9.17, 15) is 53.1 Å². The maximum Gasteiger partial charge on any atom is 0.466 e. The molecule has 1 heterocycles. The van der Waals surface area contributed by atoms with Crippen molar-refractivity contribution in [2.75, 3.05) is 32.9 Å². The summed E-state index contributed by atoms with van der Waals surface area (Å²) in [5.41, 5.74) is 0. The van der Waals surface area contributed by atoms with Gasteiger partial charge in [-0.15, -0.1) is 0 Å². The van der Waals surface area contributed by atoms with Crippen molar-refractivity contribution in [2.24, 2.45) is 0 Å². The molecule has 0 aromatic heterocycles. The number of alkyl halides is 7. The van der Waals surface area contributed by atoms with E-state index in [0.717, 1.165) is 0 Å². The lowest BCUT2D eigenvalue weighted by Crippen LogP contribution is -2.63. The minimum Gasteiger partial charge on any atom is -0.410 e. The molecule has 1 amide bonds. The van der Waals surface area contributed by atoms with Gasteiger partial charge >= 0.3 is 45.1 Å². The van der Waals surface area contributed by atoms with Gasteiger partial charge in [0.05, 0.1) is 19.8 Å². The van der Waals surface area contributed by atoms with E-state index in [1.807, 2.05) is 0 Å². The molecule has 1 fully saturated rings. The molecule has 1 N–H and O–H groups in total. The van der Waals surface area contributed by atoms with Crippen LogP contribution in [-0.2, 0) is 33.9 Å². The third-order valence-corrected chi connectivity index (χ3v) is 5.05. The minimum atomic E-state index is -6.60. The highest BCUT2D eigenvalue weighted by Gasteiger charge is 2.68. The second-order valence-electron chi connectivity index (χ2n) is 6.46. The molecule has 192 valence electrons. The summed E-state index contributed by atoms with van der Waals surface area (Å²) in [4.78, 5) is 24.4. The average Bonchev–Trinajstić information content (AvgIpc) is 2.68. The van der Waals surface area contributed by atoms with E-state index in [2.05, 4.69) is 16.1 Å². The van der Waals surface area contributed by atoms with Gasteiger partial charge in [-0.3, -0.25) is 9.35 Å². The van der Waals surface area contributed by atoms with Gasteiger partial charge in [0.15, 0.2) is 0 Å². The van der Waals surface area contributed by atoms with Crippen LogP contribution < -0.4 is 0 Å². The SMILES string of the molecule is C=C(F)C(=O)OC(OCCCC(F)(F)C(F)(F)S(=O)(=O)O)(C(=O)N1CCOCC1)C(F)(F)F. The van der Waals surface area contributed by atoms with Crippen LogP contribution in [0, 0.1) is 0 Å². The van der Waals surface area contributed by atoms with E-state index in [-0.39, 0.29) is 13.2 Å². The van der Waals surface area contributed by atoms with Gasteiger partial charge in [-0.2, -0.15) is 43.5 Å². The molecular weight excluding hydrogens is 506 g/mol. The quantitative estimate of drug-likeness (QED) is 0.115. The monoisotopic (exact) mass is 523 g/mol. The fraction of sp³-hybridized carbons (Fsp3) is 0.733. The maximum absolute atomic E-state index is 13.8. The molecule has 1 unspecified atom stereocenters. The summed E-state index contributed by atoms with van der Waals surface area (Å²) in [5, 5.41) is -6.00. The van der Waals surface area contributed by atoms with Gasteiger partial charge in [-0.25, -0.2) is 4.79 Å². The van der Waals surface area contributed by atoms with E-state index < -0.39 is 83.5 Å². The Morgan fingerprint density at radius 1 is 1.06 bits per heavy atom. The number of esters is 1. The number of hydrogen-bond donors (Lipinski definition) is 1. The third kappa shape index (κ3) is 6.30. The molecule has 9 nitrogen and oxygen atoms in total. The van der Waals surface area contributed by atoms with Crippen LogP contribution in [0.5, 0.6) is 0 Å². The molecule has 0 spiro atoms. The first kappa shape index (κ1) is 29.0. The topological polar surface area (TPSA) is 119 Å². The van der Waals surface area contributed by atoms with Crippen molar-refractivity contribution in [1.29, 1.82) is 0 Å². The summed E-state index contributed by atoms with van der Waals surface area (Å²) in [6.07, 6.45) is -9.53. The van der Waals surface area contributed by atoms with Crippen LogP contribution in [0.3, 0.4) is 0 Å². The summed E-state index contributed by atoms with van der Waals surface area (Å²) in [5.74, 6) is -16.6. The second-order valence-corrected chi connectivity index (χ2v) is 7.92. The van der Waals surface area contributed by atoms with E-state index in [4.69, 9.17) is 9.29 Å². The summed E-state index contributed by atoms with van der Waals surface area (Å²) < 4.78 is 150. The standard InChI is InChI=1S/C15H17F8NO8S/c1-9(16)10(25)32-13(14(19,20)21,11(26)24-4-7-30-8-5-24)31-6-2-3-12(17,18)15(22,23)33(27,28)29/h1-8H2,(H,27,28,29). The highest BCUT2D eigenvalue weighted by Crippen LogP contribution is 2.42. The Morgan fingerprint density at radius 3 is 2.00 bits per heavy atom. The van der Waals surface area contributed by atoms with Crippen LogP contribution in [0.2, 0.25) is 0 Å². The van der Waals surface area contributed by atoms with E-state index >= 15 is 0 Å². The average molecular weight is 523 g/mol. The van der Waals surface area contributed by atoms with Crippen LogP contribution in [-0.4, -0.2) is 85.8 Å². The zero-order chi connectivity index (χ0) is 25.9. The molecule has 0 saturated carbocycles. The number of hydrogen-bond acceptors (Lipinski definition) is 7. The van der Waals surface area contributed by atoms with Gasteiger partial charge in [-0.05, 0) is 6.42 Å². The number of ether oxygens (including phenoxy) is 3. The molecule has 1 aliphatic heterocycles. The Labute approximate surface area is 181 Å². The number of carbonyl (C=O) groups is 2. The number of nitrogens with zero attached hydrogens (tertiary/aromatic N) is 1. The zero-order valence-electron chi connectivity index (χ0n) is 16.3. The number of halogens is 8. The molecule has 33 heavy (non-hydrogen) atoms. The molecule has 1 atom stereocenters. The third-order valence-electron chi connectivity index (χ3n) is 4.10. The number of carbonyl (C=O) groups excluding carboxylic acids is 2. The lowest BCUT2D eigenvalue weighted by atomic mass is 10.1. The normalized spacial score (nSPS) is 17.9. The Bertz CT molecular complexity index is 856. The molecule has 18 heteroatoms. The predicted octanol–water partition coefficient (Wildman–Crippen LogP) is 2.04. The van der Waals surface area contributed by atoms with Crippen LogP contribution in [0.4, 0.5) is 35.1 Å². The highest BCUT2D eigenvalue weighted by molar-refractivity contribution is 7.87. The van der Waals surface area contributed by atoms with Gasteiger partial charge in [0, 0.05) is 19.5 Å². The summed E-state index contributed by atoms with van der Waals surface area (Å²) in [6, 6.07) is 0. The second kappa shape index (κ2) is 10.1. The highest BCUT2D eigenvalue weighted by atomic mass is 32.2. The van der Waals surface area contributed by atoms with Gasteiger partial charge in [0.2, 0.25) is 5.83 Å². The van der Waals surface area contributed by atoms with Crippen LogP contribution in [0.15, 0.2) is 12.4 Å². The smallest absolute Gasteiger partial charge is 0.410 e. The Balaban J connectivity index is 3.17. The fourth-order valence-electron chi connectivity index (χ4n) is 2.40. The van der Waals surface area contributed by atoms with Crippen LogP contribution in [0.25, 0.3) is 0 Å². The first-order chi connectivity index (χ1) is 14.8. The lowest BCUT2D eigenvalue weighted by Gasteiger charge is -2.38. The largest absolute Gasteiger partial charge is 0.466 e. The maximum atomic E-state index is 13.8. The molecule has 1 aliphatic rings. The van der Waals surface area contributed by atoms with Crippen LogP contribution in [0.1, 0.15) is 12.8 Å². The Kier molecular flexibility index (Phi) is 8.84. The van der Waals surface area contributed by atoms with Gasteiger partial charge < -0.3 is 19.1 Å². The molecular formula is C15H17F8NO8S. The van der Waals surface area contributed by atoms with Crippen molar-refractivity contribution >= 4 is 22.0 Å². The summed E-state index contributed by atoms with van der Waals surface area (Å²) in [6.45, 7) is -0.657. The van der Waals surface area contributed by atoms with Gasteiger partial charge in [0.1, 0.15) is 0 Å². The minimum absolute atomic E-state index is 0.250. The molecule has 0 aromatic rings. The first-order valence-corrected chi connectivity index (χ1v) is 10.1. The van der Waals surface area contributed by atoms with Gasteiger partial charge in [-0.1, -0.05) is 6.58 Å². The van der Waals surface area contributed by atoms with Crippen molar-refractivity contribution < 1.29 is 71.9 Å². The number of rotatable bonds is 10. The first-order valence-electron chi connectivity index (χ1n) is 8.68. The Morgan fingerprint density at radius 2 is 1.58 bits per heavy atom. The van der Waals surface area contributed by atoms with Crippen molar-refractivity contribution in [3.05, 3.63) is 12.4 Å². The lowest BCUT2D eigenvalue weighted by molar-refractivity contribution is -0.351. The molecule has 0 radical (unpaired) electrons. The molecule has 0 aromatic carbocycles. The number of amides is 1. The van der Waals surface area contributed by atoms with E-state index in [0.29, 0.717) is 4.90 Å². The molecule has 1 rings (SSSR count). The van der Waals surface area contributed by atoms with E-state index in [1.54, 1.807) is 0 Å².